The van der Waals surface area contributed by atoms with Gasteiger partial charge in [-0.2, -0.15) is 0 Å². The number of oxime groups is 1. The molecule has 0 aromatic carbocycles. The fraction of sp³-hybridized carbons (Fsp3) is 0.900. The van der Waals surface area contributed by atoms with Gasteiger partial charge >= 0.3 is 0 Å². The van der Waals surface area contributed by atoms with Crippen LogP contribution in [0.15, 0.2) is 17.8 Å². The van der Waals surface area contributed by atoms with Gasteiger partial charge in [0.1, 0.15) is 0 Å². The Hall–Kier alpha value is -0.870. The highest BCUT2D eigenvalue weighted by Gasteiger charge is 2.68. The minimum absolute atomic E-state index is 0.250. The summed E-state index contributed by atoms with van der Waals surface area (Å²) in [6, 6.07) is 0. The Bertz CT molecular complexity index is 751. The monoisotopic (exact) mass is 475 g/mol. The normalized spacial score (nSPS) is 50.2. The number of aliphatic hydroxyl groups is 2. The molecule has 4 nitrogen and oxygen atoms in total. The zero-order valence-electron chi connectivity index (χ0n) is 22.9. The summed E-state index contributed by atoms with van der Waals surface area (Å²) in [5.41, 5.74) is 2.52. The zero-order valence-corrected chi connectivity index (χ0v) is 22.9. The maximum atomic E-state index is 10.4. The molecule has 0 amide bonds. The molecule has 196 valence electrons. The lowest BCUT2D eigenvalue weighted by molar-refractivity contribution is -0.223. The molecule has 3 N–H and O–H groups in total. The lowest BCUT2D eigenvalue weighted by Crippen LogP contribution is -2.65. The topological polar surface area (TPSA) is 73.1 Å². The van der Waals surface area contributed by atoms with Crippen LogP contribution in [0.1, 0.15) is 105 Å². The molecular formula is C30H53NO3. The van der Waals surface area contributed by atoms with Crippen LogP contribution in [0.25, 0.3) is 0 Å². The summed E-state index contributed by atoms with van der Waals surface area (Å²) in [7, 11) is 1.00. The Morgan fingerprint density at radius 3 is 2.21 bits per heavy atom. The molecule has 5 aliphatic carbocycles. The number of allylic oxidation sites excluding steroid dienone is 1. The summed E-state index contributed by atoms with van der Waals surface area (Å²) in [6.07, 6.45) is 15.8. The first-order chi connectivity index (χ1) is 16.2. The first-order valence-corrected chi connectivity index (χ1v) is 14.0. The Balaban J connectivity index is 0.000000603. The highest BCUT2D eigenvalue weighted by atomic mass is 16.4. The number of hydrogen-bond donors (Lipinski definition) is 3. The van der Waals surface area contributed by atoms with Crippen LogP contribution in [0.4, 0.5) is 0 Å². The van der Waals surface area contributed by atoms with Crippen molar-refractivity contribution in [1.82, 2.24) is 0 Å². The van der Waals surface area contributed by atoms with Gasteiger partial charge in [0, 0.05) is 19.6 Å². The fourth-order valence-electron chi connectivity index (χ4n) is 10.5. The van der Waals surface area contributed by atoms with Gasteiger partial charge in [-0.05, 0) is 116 Å². The highest BCUT2D eigenvalue weighted by molar-refractivity contribution is 5.87. The Labute approximate surface area is 209 Å². The molecule has 8 unspecified atom stereocenters. The molecule has 0 aliphatic heterocycles. The van der Waals surface area contributed by atoms with Crippen LogP contribution in [-0.2, 0) is 0 Å². The van der Waals surface area contributed by atoms with Gasteiger partial charge in [0.15, 0.2) is 0 Å². The van der Waals surface area contributed by atoms with Crippen LogP contribution >= 0.6 is 0 Å². The predicted octanol–water partition coefficient (Wildman–Crippen LogP) is 7.08. The molecule has 0 aromatic rings. The molecule has 0 aromatic heterocycles. The van der Waals surface area contributed by atoms with Crippen LogP contribution in [0.5, 0.6) is 0 Å². The van der Waals surface area contributed by atoms with Crippen molar-refractivity contribution < 1.29 is 15.4 Å². The zero-order chi connectivity index (χ0) is 25.4. The molecular weight excluding hydrogens is 422 g/mol. The molecule has 5 rings (SSSR count). The second-order valence-electron chi connectivity index (χ2n) is 13.0. The number of rotatable bonds is 1. The standard InChI is InChI=1S/C26H43NO2.C3H6.CH4O/c1-17-18-9-13-25(4)22(23(18,2)12-10-21(17)27-29)8-7-19-20-6-5-11-26(20,16-28)15-14-24(19,25)3;1-3-2;1-2/h17-20,22,28-29H,5-16H2,1-4H3;3H,1H2,2H3;2H,1H3/b27-21+;;/t17?,18?,19?,20?,22?,23?,24-,25?,26?;;/m1../s1. The maximum absolute atomic E-state index is 10.4. The van der Waals surface area contributed by atoms with Crippen molar-refractivity contribution in [2.24, 2.45) is 56.4 Å². The minimum atomic E-state index is 0.250. The largest absolute Gasteiger partial charge is 0.411 e. The van der Waals surface area contributed by atoms with Gasteiger partial charge in [0.05, 0.1) is 5.71 Å². The lowest BCUT2D eigenvalue weighted by atomic mass is 9.33. The molecule has 0 radical (unpaired) electrons. The number of fused-ring (bicyclic) bond motifs is 7. The predicted molar refractivity (Wildman–Crippen MR) is 141 cm³/mol. The molecule has 34 heavy (non-hydrogen) atoms. The summed E-state index contributed by atoms with van der Waals surface area (Å²) >= 11 is 0. The quantitative estimate of drug-likeness (QED) is 0.216. The van der Waals surface area contributed by atoms with E-state index in [1.807, 2.05) is 6.92 Å². The Kier molecular flexibility index (Phi) is 8.35. The van der Waals surface area contributed by atoms with Gasteiger partial charge in [-0.3, -0.25) is 0 Å². The number of nitrogens with zero attached hydrogens (tertiary/aromatic N) is 1. The molecule has 0 saturated heterocycles. The van der Waals surface area contributed by atoms with Crippen LogP contribution in [0.3, 0.4) is 0 Å². The van der Waals surface area contributed by atoms with E-state index >= 15 is 0 Å². The lowest BCUT2D eigenvalue weighted by Gasteiger charge is -2.71. The van der Waals surface area contributed by atoms with Crippen molar-refractivity contribution in [3.8, 4) is 0 Å². The summed E-state index contributed by atoms with van der Waals surface area (Å²) in [5.74, 6) is 3.46. The Morgan fingerprint density at radius 1 is 0.912 bits per heavy atom. The van der Waals surface area contributed by atoms with E-state index in [4.69, 9.17) is 5.11 Å². The summed E-state index contributed by atoms with van der Waals surface area (Å²) < 4.78 is 0. The van der Waals surface area contributed by atoms with E-state index < -0.39 is 0 Å². The van der Waals surface area contributed by atoms with Gasteiger partial charge in [-0.25, -0.2) is 0 Å². The van der Waals surface area contributed by atoms with Gasteiger partial charge in [-0.15, -0.1) is 6.58 Å². The Morgan fingerprint density at radius 2 is 1.59 bits per heavy atom. The van der Waals surface area contributed by atoms with E-state index in [-0.39, 0.29) is 5.41 Å². The van der Waals surface area contributed by atoms with E-state index in [2.05, 4.69) is 39.4 Å². The third-order valence-electron chi connectivity index (χ3n) is 12.4. The van der Waals surface area contributed by atoms with Gasteiger partial charge in [0.2, 0.25) is 0 Å². The molecule has 0 heterocycles. The van der Waals surface area contributed by atoms with Crippen molar-refractivity contribution in [1.29, 1.82) is 0 Å². The highest BCUT2D eigenvalue weighted by Crippen LogP contribution is 2.75. The van der Waals surface area contributed by atoms with Gasteiger partial charge in [0.25, 0.3) is 0 Å². The first-order valence-electron chi connectivity index (χ1n) is 14.0. The molecule has 4 heteroatoms. The average Bonchev–Trinajstić information content (AvgIpc) is 3.26. The molecule has 5 aliphatic rings. The van der Waals surface area contributed by atoms with Crippen LogP contribution in [0.2, 0.25) is 0 Å². The van der Waals surface area contributed by atoms with Crippen molar-refractivity contribution >= 4 is 5.71 Å². The molecule has 0 spiro atoms. The molecule has 9 atom stereocenters. The SMILES string of the molecule is C=CC.CC1/C(=N/O)CCC2(C)C1CCC1(C)C2CCC2C3CCCC3(CO)CC[C@]21C.CO. The fourth-order valence-corrected chi connectivity index (χ4v) is 10.5. The second-order valence-corrected chi connectivity index (χ2v) is 13.0. The molecule has 0 bridgehead atoms. The van der Waals surface area contributed by atoms with E-state index in [0.29, 0.717) is 34.7 Å². The van der Waals surface area contributed by atoms with Gasteiger partial charge < -0.3 is 15.4 Å². The summed E-state index contributed by atoms with van der Waals surface area (Å²) in [6.45, 7) is 15.9. The third-order valence-corrected chi connectivity index (χ3v) is 12.4. The van der Waals surface area contributed by atoms with Crippen molar-refractivity contribution in [2.45, 2.75) is 105 Å². The van der Waals surface area contributed by atoms with Crippen molar-refractivity contribution in [2.75, 3.05) is 13.7 Å². The van der Waals surface area contributed by atoms with Crippen molar-refractivity contribution in [3.63, 3.8) is 0 Å². The van der Waals surface area contributed by atoms with E-state index in [9.17, 15) is 10.3 Å². The number of aliphatic hydroxyl groups excluding tert-OH is 2. The average molecular weight is 476 g/mol. The summed E-state index contributed by atoms with van der Waals surface area (Å²) in [4.78, 5) is 0. The van der Waals surface area contributed by atoms with E-state index in [1.54, 1.807) is 6.08 Å². The van der Waals surface area contributed by atoms with E-state index in [1.165, 1.54) is 64.2 Å². The maximum Gasteiger partial charge on any atom is 0.0602 e. The summed E-state index contributed by atoms with van der Waals surface area (Å²) in [5, 5.41) is 30.6. The van der Waals surface area contributed by atoms with Crippen molar-refractivity contribution in [3.05, 3.63) is 12.7 Å². The second kappa shape index (κ2) is 10.2. The van der Waals surface area contributed by atoms with E-state index in [0.717, 1.165) is 37.0 Å². The first kappa shape index (κ1) is 27.7. The third kappa shape index (κ3) is 3.81. The molecule has 5 saturated carbocycles. The smallest absolute Gasteiger partial charge is 0.0602 e. The minimum Gasteiger partial charge on any atom is -0.411 e. The van der Waals surface area contributed by atoms with Crippen LogP contribution in [-0.4, -0.2) is 34.8 Å². The number of hydrogen-bond acceptors (Lipinski definition) is 4. The van der Waals surface area contributed by atoms with Gasteiger partial charge in [-0.1, -0.05) is 45.3 Å². The van der Waals surface area contributed by atoms with Crippen LogP contribution in [0, 0.1) is 51.2 Å². The molecule has 5 fully saturated rings. The van der Waals surface area contributed by atoms with Crippen LogP contribution < -0.4 is 0 Å².